The first kappa shape index (κ1) is 19.0. The van der Waals surface area contributed by atoms with Crippen molar-refractivity contribution in [2.45, 2.75) is 20.3 Å². The Labute approximate surface area is 171 Å². The lowest BCUT2D eigenvalue weighted by atomic mass is 10.1. The molecule has 1 amide bonds. The van der Waals surface area contributed by atoms with Crippen LogP contribution in [0.4, 0.5) is 5.69 Å². The van der Waals surface area contributed by atoms with Crippen LogP contribution in [-0.4, -0.2) is 35.5 Å². The van der Waals surface area contributed by atoms with Crippen LogP contribution in [0.1, 0.15) is 41.2 Å². The second-order valence-corrected chi connectivity index (χ2v) is 7.15. The Morgan fingerprint density at radius 3 is 2.59 bits per heavy atom. The third-order valence-corrected chi connectivity index (χ3v) is 5.36. The molecule has 4 rings (SSSR count). The monoisotopic (exact) mass is 386 g/mol. The maximum atomic E-state index is 12.0. The Kier molecular flexibility index (Phi) is 5.47. The number of aromatic amines is 1. The molecule has 3 aromatic rings. The molecule has 148 valence electrons. The van der Waals surface area contributed by atoms with Crippen molar-refractivity contribution in [2.24, 2.45) is 0 Å². The van der Waals surface area contributed by atoms with E-state index in [0.29, 0.717) is 6.54 Å². The van der Waals surface area contributed by atoms with Crippen molar-refractivity contribution < 1.29 is 4.79 Å². The fourth-order valence-corrected chi connectivity index (χ4v) is 3.72. The number of nitrogens with one attached hydrogen (secondary N) is 2. The standard InChI is InChI=1S/C24H26N4O/c1-3-28(4-2)20-9-6-17(7-10-20)5-8-19-15-18(11-13-25-19)23-16-21-22(27-23)12-14-26-24(21)29/h5-11,13,15-16,27H,3-4,12,14H2,1-2H3,(H,26,29)/b8-5+. The summed E-state index contributed by atoms with van der Waals surface area (Å²) in [6, 6.07) is 14.5. The first-order valence-corrected chi connectivity index (χ1v) is 10.2. The Morgan fingerprint density at radius 1 is 1.07 bits per heavy atom. The number of pyridine rings is 1. The summed E-state index contributed by atoms with van der Waals surface area (Å²) in [6.45, 7) is 7.04. The van der Waals surface area contributed by atoms with Crippen molar-refractivity contribution >= 4 is 23.7 Å². The van der Waals surface area contributed by atoms with Gasteiger partial charge in [-0.15, -0.1) is 0 Å². The van der Waals surface area contributed by atoms with Gasteiger partial charge in [-0.2, -0.15) is 0 Å². The molecule has 0 fully saturated rings. The molecule has 0 spiro atoms. The van der Waals surface area contributed by atoms with Gasteiger partial charge in [-0.25, -0.2) is 0 Å². The fourth-order valence-electron chi connectivity index (χ4n) is 3.72. The Bertz CT molecular complexity index is 1030. The molecule has 0 saturated carbocycles. The van der Waals surface area contributed by atoms with Crippen molar-refractivity contribution in [1.29, 1.82) is 0 Å². The zero-order valence-corrected chi connectivity index (χ0v) is 16.9. The summed E-state index contributed by atoms with van der Waals surface area (Å²) in [6.07, 6.45) is 6.73. The Hall–Kier alpha value is -3.34. The van der Waals surface area contributed by atoms with E-state index >= 15 is 0 Å². The second kappa shape index (κ2) is 8.35. The van der Waals surface area contributed by atoms with Gasteiger partial charge in [0.1, 0.15) is 0 Å². The van der Waals surface area contributed by atoms with Crippen LogP contribution in [-0.2, 0) is 6.42 Å². The molecule has 29 heavy (non-hydrogen) atoms. The van der Waals surface area contributed by atoms with E-state index in [9.17, 15) is 4.79 Å². The molecule has 5 heteroatoms. The van der Waals surface area contributed by atoms with Crippen LogP contribution in [0.2, 0.25) is 0 Å². The molecule has 0 saturated heterocycles. The number of nitrogens with zero attached hydrogens (tertiary/aromatic N) is 2. The number of benzene rings is 1. The highest BCUT2D eigenvalue weighted by Gasteiger charge is 2.19. The molecule has 0 aliphatic carbocycles. The number of hydrogen-bond donors (Lipinski definition) is 2. The van der Waals surface area contributed by atoms with Gasteiger partial charge in [0.15, 0.2) is 0 Å². The lowest BCUT2D eigenvalue weighted by Crippen LogP contribution is -2.31. The quantitative estimate of drug-likeness (QED) is 0.661. The second-order valence-electron chi connectivity index (χ2n) is 7.15. The predicted octanol–water partition coefficient (Wildman–Crippen LogP) is 4.38. The molecular formula is C24H26N4O. The first-order chi connectivity index (χ1) is 14.2. The van der Waals surface area contributed by atoms with Crippen LogP contribution in [0.15, 0.2) is 48.7 Å². The number of amides is 1. The van der Waals surface area contributed by atoms with E-state index < -0.39 is 0 Å². The summed E-state index contributed by atoms with van der Waals surface area (Å²) < 4.78 is 0. The summed E-state index contributed by atoms with van der Waals surface area (Å²) in [7, 11) is 0. The van der Waals surface area contributed by atoms with Gasteiger partial charge in [-0.3, -0.25) is 9.78 Å². The van der Waals surface area contributed by atoms with Crippen LogP contribution in [0, 0.1) is 0 Å². The lowest BCUT2D eigenvalue weighted by Gasteiger charge is -2.20. The molecule has 0 atom stereocenters. The van der Waals surface area contributed by atoms with Crippen LogP contribution in [0.5, 0.6) is 0 Å². The van der Waals surface area contributed by atoms with Gasteiger partial charge < -0.3 is 15.2 Å². The highest BCUT2D eigenvalue weighted by atomic mass is 16.1. The van der Waals surface area contributed by atoms with Gasteiger partial charge in [0.05, 0.1) is 11.3 Å². The Morgan fingerprint density at radius 2 is 1.86 bits per heavy atom. The maximum Gasteiger partial charge on any atom is 0.253 e. The number of hydrogen-bond acceptors (Lipinski definition) is 3. The fraction of sp³-hybridized carbons (Fsp3) is 0.250. The molecule has 0 bridgehead atoms. The first-order valence-electron chi connectivity index (χ1n) is 10.2. The van der Waals surface area contributed by atoms with E-state index in [1.807, 2.05) is 24.3 Å². The normalized spacial score (nSPS) is 13.4. The largest absolute Gasteiger partial charge is 0.372 e. The topological polar surface area (TPSA) is 61.0 Å². The van der Waals surface area contributed by atoms with E-state index in [2.05, 4.69) is 64.4 Å². The van der Waals surface area contributed by atoms with Crippen molar-refractivity contribution in [2.75, 3.05) is 24.5 Å². The highest BCUT2D eigenvalue weighted by molar-refractivity contribution is 5.97. The summed E-state index contributed by atoms with van der Waals surface area (Å²) >= 11 is 0. The molecule has 0 unspecified atom stereocenters. The average molecular weight is 386 g/mol. The SMILES string of the molecule is CCN(CC)c1ccc(/C=C/c2cc(-c3cc4c([nH]3)CCNC4=O)ccn2)cc1. The van der Waals surface area contributed by atoms with E-state index in [0.717, 1.165) is 53.3 Å². The number of carbonyl (C=O) groups excluding carboxylic acids is 1. The minimum Gasteiger partial charge on any atom is -0.372 e. The van der Waals surface area contributed by atoms with Crippen molar-refractivity contribution in [1.82, 2.24) is 15.3 Å². The van der Waals surface area contributed by atoms with Crippen LogP contribution in [0.25, 0.3) is 23.4 Å². The number of carbonyl (C=O) groups is 1. The summed E-state index contributed by atoms with van der Waals surface area (Å²) in [4.78, 5) is 22.2. The molecule has 3 heterocycles. The molecular weight excluding hydrogens is 360 g/mol. The van der Waals surface area contributed by atoms with Gasteiger partial charge in [0.25, 0.3) is 5.91 Å². The van der Waals surface area contributed by atoms with Crippen molar-refractivity contribution in [3.05, 3.63) is 71.2 Å². The van der Waals surface area contributed by atoms with Crippen LogP contribution < -0.4 is 10.2 Å². The van der Waals surface area contributed by atoms with Crippen molar-refractivity contribution in [3.8, 4) is 11.3 Å². The number of rotatable bonds is 6. The average Bonchev–Trinajstić information content (AvgIpc) is 3.20. The van der Waals surface area contributed by atoms with Crippen LogP contribution >= 0.6 is 0 Å². The molecule has 1 aliphatic rings. The molecule has 5 nitrogen and oxygen atoms in total. The van der Waals surface area contributed by atoms with Crippen LogP contribution in [0.3, 0.4) is 0 Å². The third-order valence-electron chi connectivity index (χ3n) is 5.36. The summed E-state index contributed by atoms with van der Waals surface area (Å²) in [5.41, 5.74) is 6.99. The van der Waals surface area contributed by atoms with Gasteiger partial charge >= 0.3 is 0 Å². The van der Waals surface area contributed by atoms with Gasteiger partial charge in [-0.05, 0) is 55.8 Å². The zero-order valence-electron chi connectivity index (χ0n) is 16.9. The lowest BCUT2D eigenvalue weighted by molar-refractivity contribution is 0.0946. The third kappa shape index (κ3) is 4.09. The van der Waals surface area contributed by atoms with Gasteiger partial charge in [0, 0.05) is 54.9 Å². The molecule has 0 radical (unpaired) electrons. The van der Waals surface area contributed by atoms with Gasteiger partial charge in [-0.1, -0.05) is 18.2 Å². The van der Waals surface area contributed by atoms with E-state index in [1.165, 1.54) is 5.69 Å². The van der Waals surface area contributed by atoms with E-state index in [1.54, 1.807) is 6.20 Å². The van der Waals surface area contributed by atoms with Crippen molar-refractivity contribution in [3.63, 3.8) is 0 Å². The highest BCUT2D eigenvalue weighted by Crippen LogP contribution is 2.25. The zero-order chi connectivity index (χ0) is 20.2. The summed E-state index contributed by atoms with van der Waals surface area (Å²) in [5, 5.41) is 2.89. The van der Waals surface area contributed by atoms with E-state index in [4.69, 9.17) is 0 Å². The summed E-state index contributed by atoms with van der Waals surface area (Å²) in [5.74, 6) is -0.00363. The Balaban J connectivity index is 1.53. The molecule has 1 aromatic carbocycles. The number of H-pyrrole nitrogens is 1. The number of aromatic nitrogens is 2. The smallest absolute Gasteiger partial charge is 0.253 e. The minimum atomic E-state index is -0.00363. The number of fused-ring (bicyclic) bond motifs is 1. The predicted molar refractivity (Wildman–Crippen MR) is 119 cm³/mol. The maximum absolute atomic E-state index is 12.0. The molecule has 2 aromatic heterocycles. The van der Waals surface area contributed by atoms with E-state index in [-0.39, 0.29) is 5.91 Å². The molecule has 2 N–H and O–H groups in total. The molecule has 1 aliphatic heterocycles. The number of anilines is 1. The van der Waals surface area contributed by atoms with Gasteiger partial charge in [0.2, 0.25) is 0 Å². The minimum absolute atomic E-state index is 0.00363.